The van der Waals surface area contributed by atoms with Gasteiger partial charge in [0.15, 0.2) is 0 Å². The van der Waals surface area contributed by atoms with E-state index in [1.165, 1.54) is 10.9 Å². The molecule has 0 aromatic carbocycles. The van der Waals surface area contributed by atoms with E-state index in [1.54, 1.807) is 18.3 Å². The lowest BCUT2D eigenvalue weighted by Crippen LogP contribution is -2.21. The van der Waals surface area contributed by atoms with Crippen molar-refractivity contribution in [3.8, 4) is 0 Å². The third-order valence-electron chi connectivity index (χ3n) is 2.60. The minimum atomic E-state index is -3.76. The van der Waals surface area contributed by atoms with Gasteiger partial charge in [-0.1, -0.05) is 0 Å². The van der Waals surface area contributed by atoms with E-state index in [-0.39, 0.29) is 10.1 Å². The number of carbonyl (C=O) groups is 1. The van der Waals surface area contributed by atoms with Gasteiger partial charge in [0.25, 0.3) is 5.91 Å². The molecule has 0 aliphatic heterocycles. The van der Waals surface area contributed by atoms with Crippen molar-refractivity contribution >= 4 is 38.6 Å². The number of sulfonamides is 1. The zero-order chi connectivity index (χ0) is 14.9. The average molecular weight is 330 g/mol. The number of amides is 1. The van der Waals surface area contributed by atoms with Gasteiger partial charge in [0.2, 0.25) is 10.0 Å². The molecular weight excluding hydrogens is 316 g/mol. The van der Waals surface area contributed by atoms with Gasteiger partial charge in [-0.3, -0.25) is 4.79 Å². The lowest BCUT2D eigenvalue weighted by atomic mass is 10.3. The molecule has 0 spiro atoms. The smallest absolute Gasteiger partial charge is 0.261 e. The van der Waals surface area contributed by atoms with Crippen LogP contribution in [0.5, 0.6) is 0 Å². The van der Waals surface area contributed by atoms with E-state index >= 15 is 0 Å². The highest BCUT2D eigenvalue weighted by Gasteiger charge is 2.18. The van der Waals surface area contributed by atoms with Gasteiger partial charge in [-0.15, -0.1) is 22.7 Å². The number of rotatable bonds is 4. The molecule has 108 valence electrons. The van der Waals surface area contributed by atoms with Crippen molar-refractivity contribution in [2.24, 2.45) is 5.14 Å². The van der Waals surface area contributed by atoms with Gasteiger partial charge in [-0.05, 0) is 37.6 Å². The average Bonchev–Trinajstić information content (AvgIpc) is 2.92. The van der Waals surface area contributed by atoms with Gasteiger partial charge >= 0.3 is 0 Å². The highest BCUT2D eigenvalue weighted by molar-refractivity contribution is 7.91. The molecule has 1 amide bonds. The minimum absolute atomic E-state index is 0.00659. The van der Waals surface area contributed by atoms with Crippen LogP contribution in [0.2, 0.25) is 0 Å². The van der Waals surface area contributed by atoms with E-state index in [2.05, 4.69) is 5.32 Å². The van der Waals surface area contributed by atoms with E-state index < -0.39 is 10.0 Å². The summed E-state index contributed by atoms with van der Waals surface area (Å²) in [4.78, 5) is 14.7. The predicted molar refractivity (Wildman–Crippen MR) is 80.7 cm³/mol. The van der Waals surface area contributed by atoms with Gasteiger partial charge in [0, 0.05) is 9.75 Å². The van der Waals surface area contributed by atoms with E-state index in [9.17, 15) is 13.2 Å². The molecule has 2 aromatic heterocycles. The highest BCUT2D eigenvalue weighted by Crippen LogP contribution is 2.25. The van der Waals surface area contributed by atoms with Crippen LogP contribution in [-0.4, -0.2) is 14.3 Å². The maximum Gasteiger partial charge on any atom is 0.261 e. The Bertz CT molecular complexity index is 744. The van der Waals surface area contributed by atoms with Crippen LogP contribution in [0.3, 0.4) is 0 Å². The second-order valence-corrected chi connectivity index (χ2v) is 8.53. The Balaban J connectivity index is 2.11. The molecule has 8 heteroatoms. The number of hydrogen-bond donors (Lipinski definition) is 2. The van der Waals surface area contributed by atoms with Crippen molar-refractivity contribution in [2.75, 3.05) is 0 Å². The Morgan fingerprint density at radius 1 is 1.30 bits per heavy atom. The first-order valence-corrected chi connectivity index (χ1v) is 8.92. The summed E-state index contributed by atoms with van der Waals surface area (Å²) in [7, 11) is -3.76. The summed E-state index contributed by atoms with van der Waals surface area (Å²) in [5.41, 5.74) is 0.610. The molecule has 3 N–H and O–H groups in total. The number of hydrogen-bond acceptors (Lipinski definition) is 5. The third kappa shape index (κ3) is 3.45. The van der Waals surface area contributed by atoms with Crippen LogP contribution < -0.4 is 10.5 Å². The normalized spacial score (nSPS) is 11.6. The molecular formula is C12H14N2O3S3. The molecule has 0 atom stereocenters. The molecule has 2 rings (SSSR count). The molecule has 0 bridgehead atoms. The second kappa shape index (κ2) is 5.65. The van der Waals surface area contributed by atoms with Crippen molar-refractivity contribution in [3.63, 3.8) is 0 Å². The number of nitrogens with two attached hydrogens (primary N) is 1. The van der Waals surface area contributed by atoms with Crippen LogP contribution >= 0.6 is 22.7 Å². The quantitative estimate of drug-likeness (QED) is 0.898. The highest BCUT2D eigenvalue weighted by atomic mass is 32.2. The van der Waals surface area contributed by atoms with Gasteiger partial charge in [0.1, 0.15) is 4.21 Å². The zero-order valence-corrected chi connectivity index (χ0v) is 13.4. The van der Waals surface area contributed by atoms with Crippen LogP contribution in [0.25, 0.3) is 0 Å². The molecule has 0 saturated carbocycles. The summed E-state index contributed by atoms with van der Waals surface area (Å²) >= 11 is 2.50. The van der Waals surface area contributed by atoms with Crippen LogP contribution in [0.4, 0.5) is 0 Å². The summed E-state index contributed by atoms with van der Waals surface area (Å²) in [5, 5.41) is 7.84. The van der Waals surface area contributed by atoms with Crippen molar-refractivity contribution in [2.45, 2.75) is 24.6 Å². The number of primary sulfonamides is 1. The maximum atomic E-state index is 12.1. The third-order valence-corrected chi connectivity index (χ3v) is 6.26. The van der Waals surface area contributed by atoms with Crippen molar-refractivity contribution in [1.29, 1.82) is 0 Å². The summed E-state index contributed by atoms with van der Waals surface area (Å²) in [6, 6.07) is 5.36. The number of carbonyl (C=O) groups excluding carboxylic acids is 1. The van der Waals surface area contributed by atoms with E-state index in [0.717, 1.165) is 16.2 Å². The van der Waals surface area contributed by atoms with Crippen LogP contribution in [0, 0.1) is 13.8 Å². The summed E-state index contributed by atoms with van der Waals surface area (Å²) in [6.45, 7) is 4.12. The minimum Gasteiger partial charge on any atom is -0.346 e. The van der Waals surface area contributed by atoms with Gasteiger partial charge in [0.05, 0.1) is 11.4 Å². The first kappa shape index (κ1) is 15.2. The molecule has 2 aromatic rings. The van der Waals surface area contributed by atoms with E-state index in [4.69, 9.17) is 5.14 Å². The van der Waals surface area contributed by atoms with Crippen molar-refractivity contribution in [3.05, 3.63) is 38.4 Å². The molecule has 0 aliphatic rings. The summed E-state index contributed by atoms with van der Waals surface area (Å²) < 4.78 is 22.5. The molecule has 5 nitrogen and oxygen atoms in total. The molecule has 0 radical (unpaired) electrons. The van der Waals surface area contributed by atoms with Crippen LogP contribution in [0.1, 0.15) is 25.0 Å². The van der Waals surface area contributed by atoms with Crippen molar-refractivity contribution in [1.82, 2.24) is 5.32 Å². The zero-order valence-electron chi connectivity index (χ0n) is 11.0. The maximum absolute atomic E-state index is 12.1. The Labute approximate surface area is 125 Å². The monoisotopic (exact) mass is 330 g/mol. The van der Waals surface area contributed by atoms with E-state index in [0.29, 0.717) is 17.0 Å². The lowest BCUT2D eigenvalue weighted by molar-refractivity contribution is 0.0955. The first-order chi connectivity index (χ1) is 9.27. The SMILES string of the molecule is Cc1ccc(CNC(=O)c2sc(S(N)(=O)=O)cc2C)s1. The topological polar surface area (TPSA) is 89.3 Å². The fraction of sp³-hybridized carbons (Fsp3) is 0.250. The Morgan fingerprint density at radius 3 is 2.50 bits per heavy atom. The van der Waals surface area contributed by atoms with Gasteiger partial charge in [-0.2, -0.15) is 0 Å². The van der Waals surface area contributed by atoms with Crippen LogP contribution in [-0.2, 0) is 16.6 Å². The standard InChI is InChI=1S/C12H14N2O3S3/c1-7-5-10(20(13,16)17)19-11(7)12(15)14-6-9-4-3-8(2)18-9/h3-5H,6H2,1-2H3,(H,14,15)(H2,13,16,17). The molecule has 0 aliphatic carbocycles. The molecule has 0 fully saturated rings. The molecule has 0 saturated heterocycles. The summed E-state index contributed by atoms with van der Waals surface area (Å²) in [5.74, 6) is -0.284. The first-order valence-electron chi connectivity index (χ1n) is 5.74. The Hall–Kier alpha value is -1.22. The molecule has 2 heterocycles. The molecule has 20 heavy (non-hydrogen) atoms. The lowest BCUT2D eigenvalue weighted by Gasteiger charge is -2.02. The largest absolute Gasteiger partial charge is 0.346 e. The summed E-state index contributed by atoms with van der Waals surface area (Å²) in [6.07, 6.45) is 0. The number of nitrogens with one attached hydrogen (secondary N) is 1. The second-order valence-electron chi connectivity index (χ2n) is 4.32. The number of thiophene rings is 2. The molecule has 0 unspecified atom stereocenters. The number of aryl methyl sites for hydroxylation is 2. The fourth-order valence-corrected chi connectivity index (χ4v) is 4.35. The Kier molecular flexibility index (Phi) is 4.28. The predicted octanol–water partition coefficient (Wildman–Crippen LogP) is 2.00. The van der Waals surface area contributed by atoms with Crippen molar-refractivity contribution < 1.29 is 13.2 Å². The van der Waals surface area contributed by atoms with Crippen LogP contribution in [0.15, 0.2) is 22.4 Å². The van der Waals surface area contributed by atoms with Gasteiger partial charge < -0.3 is 5.32 Å². The van der Waals surface area contributed by atoms with Gasteiger partial charge in [-0.25, -0.2) is 13.6 Å². The Morgan fingerprint density at radius 2 is 2.00 bits per heavy atom. The fourth-order valence-electron chi connectivity index (χ4n) is 1.65. The van der Waals surface area contributed by atoms with E-state index in [1.807, 2.05) is 19.1 Å².